The Hall–Kier alpha value is -1.06. The van der Waals surface area contributed by atoms with Gasteiger partial charge < -0.3 is 9.64 Å². The highest BCUT2D eigenvalue weighted by molar-refractivity contribution is 6.31. The Morgan fingerprint density at radius 2 is 2.10 bits per heavy atom. The molecular formula is C17H22ClNO2. The molecular weight excluding hydrogens is 286 g/mol. The van der Waals surface area contributed by atoms with Crippen LogP contribution in [0.5, 0.6) is 0 Å². The van der Waals surface area contributed by atoms with Gasteiger partial charge in [-0.15, -0.1) is 0 Å². The van der Waals surface area contributed by atoms with Crippen LogP contribution in [-0.4, -0.2) is 36.1 Å². The second-order valence-electron chi connectivity index (χ2n) is 5.94. The maximum absolute atomic E-state index is 12.6. The highest BCUT2D eigenvalue weighted by Gasteiger charge is 2.36. The van der Waals surface area contributed by atoms with Crippen molar-refractivity contribution in [2.45, 2.75) is 50.7 Å². The van der Waals surface area contributed by atoms with Crippen LogP contribution in [0.1, 0.15) is 37.7 Å². The van der Waals surface area contributed by atoms with Gasteiger partial charge in [-0.25, -0.2) is 0 Å². The zero-order valence-electron chi connectivity index (χ0n) is 12.3. The third-order valence-corrected chi connectivity index (χ3v) is 4.99. The van der Waals surface area contributed by atoms with Gasteiger partial charge in [0, 0.05) is 18.0 Å². The number of halogens is 1. The summed E-state index contributed by atoms with van der Waals surface area (Å²) in [5, 5.41) is 0.753. The molecule has 0 spiro atoms. The molecule has 1 aromatic carbocycles. The monoisotopic (exact) mass is 307 g/mol. The summed E-state index contributed by atoms with van der Waals surface area (Å²) in [7, 11) is 0. The second kappa shape index (κ2) is 6.80. The molecule has 2 aliphatic rings. The van der Waals surface area contributed by atoms with Gasteiger partial charge in [0.25, 0.3) is 0 Å². The first kappa shape index (κ1) is 14.9. The smallest absolute Gasteiger partial charge is 0.223 e. The summed E-state index contributed by atoms with van der Waals surface area (Å²) in [5.74, 6) is 0.245. The van der Waals surface area contributed by atoms with Gasteiger partial charge in [-0.1, -0.05) is 42.6 Å². The Kier molecular flexibility index (Phi) is 4.81. The van der Waals surface area contributed by atoms with Gasteiger partial charge in [-0.05, 0) is 30.9 Å². The van der Waals surface area contributed by atoms with Gasteiger partial charge in [0.1, 0.15) is 0 Å². The molecule has 0 bridgehead atoms. The molecule has 0 radical (unpaired) electrons. The molecule has 1 saturated carbocycles. The van der Waals surface area contributed by atoms with E-state index in [-0.39, 0.29) is 12.0 Å². The Bertz CT molecular complexity index is 503. The van der Waals surface area contributed by atoms with E-state index in [0.29, 0.717) is 25.5 Å². The van der Waals surface area contributed by atoms with Gasteiger partial charge >= 0.3 is 0 Å². The molecule has 0 N–H and O–H groups in total. The highest BCUT2D eigenvalue weighted by atomic mass is 35.5. The molecule has 3 rings (SSSR count). The Morgan fingerprint density at radius 3 is 2.95 bits per heavy atom. The van der Waals surface area contributed by atoms with Gasteiger partial charge in [0.15, 0.2) is 0 Å². The minimum Gasteiger partial charge on any atom is -0.374 e. The third kappa shape index (κ3) is 3.41. The number of benzene rings is 1. The lowest BCUT2D eigenvalue weighted by Gasteiger charge is -2.43. The van der Waals surface area contributed by atoms with Crippen molar-refractivity contribution in [3.8, 4) is 0 Å². The number of ether oxygens (including phenoxy) is 1. The predicted molar refractivity (Wildman–Crippen MR) is 83.5 cm³/mol. The van der Waals surface area contributed by atoms with Gasteiger partial charge in [-0.3, -0.25) is 4.79 Å². The number of carbonyl (C=O) groups excluding carboxylic acids is 1. The Morgan fingerprint density at radius 1 is 1.29 bits per heavy atom. The molecule has 2 unspecified atom stereocenters. The maximum Gasteiger partial charge on any atom is 0.223 e. The van der Waals surface area contributed by atoms with Crippen molar-refractivity contribution in [2.24, 2.45) is 0 Å². The number of hydrogen-bond donors (Lipinski definition) is 0. The summed E-state index contributed by atoms with van der Waals surface area (Å²) < 4.78 is 5.83. The van der Waals surface area contributed by atoms with E-state index in [2.05, 4.69) is 4.90 Å². The molecule has 1 aliphatic heterocycles. The second-order valence-corrected chi connectivity index (χ2v) is 6.35. The van der Waals surface area contributed by atoms with E-state index in [1.165, 1.54) is 12.8 Å². The maximum atomic E-state index is 12.6. The molecule has 0 aromatic heterocycles. The average Bonchev–Trinajstić information content (AvgIpc) is 2.53. The summed E-state index contributed by atoms with van der Waals surface area (Å²) in [6.45, 7) is 1.42. The van der Waals surface area contributed by atoms with Crippen molar-refractivity contribution in [3.05, 3.63) is 34.9 Å². The van der Waals surface area contributed by atoms with Crippen molar-refractivity contribution in [1.29, 1.82) is 0 Å². The summed E-state index contributed by atoms with van der Waals surface area (Å²) in [4.78, 5) is 14.6. The minimum absolute atomic E-state index is 0.245. The summed E-state index contributed by atoms with van der Waals surface area (Å²) >= 11 is 6.16. The van der Waals surface area contributed by atoms with Crippen molar-refractivity contribution in [1.82, 2.24) is 4.90 Å². The molecule has 1 aliphatic carbocycles. The van der Waals surface area contributed by atoms with Crippen LogP contribution in [0.25, 0.3) is 0 Å². The Balaban J connectivity index is 1.60. The quantitative estimate of drug-likeness (QED) is 0.856. The van der Waals surface area contributed by atoms with E-state index in [0.717, 1.165) is 30.0 Å². The highest BCUT2D eigenvalue weighted by Crippen LogP contribution is 2.29. The predicted octanol–water partition coefficient (Wildman–Crippen LogP) is 3.44. The number of carbonyl (C=O) groups is 1. The number of hydrogen-bond acceptors (Lipinski definition) is 2. The number of nitrogens with zero attached hydrogens (tertiary/aromatic N) is 1. The van der Waals surface area contributed by atoms with Crippen LogP contribution in [0.4, 0.5) is 0 Å². The number of aryl methyl sites for hydroxylation is 1. The largest absolute Gasteiger partial charge is 0.374 e. The lowest BCUT2D eigenvalue weighted by atomic mass is 9.90. The zero-order valence-corrected chi connectivity index (χ0v) is 13.0. The zero-order chi connectivity index (χ0) is 14.7. The fraction of sp³-hybridized carbons (Fsp3) is 0.588. The van der Waals surface area contributed by atoms with Crippen LogP contribution in [-0.2, 0) is 16.0 Å². The third-order valence-electron chi connectivity index (χ3n) is 4.62. The molecule has 1 saturated heterocycles. The van der Waals surface area contributed by atoms with E-state index in [4.69, 9.17) is 16.3 Å². The van der Waals surface area contributed by atoms with E-state index < -0.39 is 0 Å². The summed E-state index contributed by atoms with van der Waals surface area (Å²) in [6, 6.07) is 8.07. The van der Waals surface area contributed by atoms with Gasteiger partial charge in [0.2, 0.25) is 5.91 Å². The van der Waals surface area contributed by atoms with E-state index in [9.17, 15) is 4.79 Å². The first-order chi connectivity index (χ1) is 10.3. The van der Waals surface area contributed by atoms with E-state index >= 15 is 0 Å². The number of morpholine rings is 1. The molecule has 2 atom stereocenters. The van der Waals surface area contributed by atoms with E-state index in [1.54, 1.807) is 0 Å². The summed E-state index contributed by atoms with van der Waals surface area (Å²) in [5.41, 5.74) is 1.06. The average molecular weight is 308 g/mol. The standard InChI is InChI=1S/C17H22ClNO2/c18-14-6-2-1-5-13(14)9-10-17(20)19-11-12-21-16-8-4-3-7-15(16)19/h1-2,5-6,15-16H,3-4,7-12H2. The first-order valence-corrected chi connectivity index (χ1v) is 8.28. The fourth-order valence-corrected chi connectivity index (χ4v) is 3.72. The Labute approximate surface area is 131 Å². The van der Waals surface area contributed by atoms with Crippen LogP contribution in [0, 0.1) is 0 Å². The first-order valence-electron chi connectivity index (χ1n) is 7.90. The minimum atomic E-state index is 0.245. The lowest BCUT2D eigenvalue weighted by Crippen LogP contribution is -2.54. The van der Waals surface area contributed by atoms with Crippen LogP contribution in [0.3, 0.4) is 0 Å². The number of fused-ring (bicyclic) bond motifs is 1. The SMILES string of the molecule is O=C(CCc1ccccc1Cl)N1CCOC2CCCCC21. The number of rotatable bonds is 3. The van der Waals surface area contributed by atoms with Crippen molar-refractivity contribution in [3.63, 3.8) is 0 Å². The topological polar surface area (TPSA) is 29.5 Å². The van der Waals surface area contributed by atoms with Gasteiger partial charge in [-0.2, -0.15) is 0 Å². The molecule has 1 aromatic rings. The molecule has 3 nitrogen and oxygen atoms in total. The fourth-order valence-electron chi connectivity index (χ4n) is 3.49. The van der Waals surface area contributed by atoms with Crippen LogP contribution >= 0.6 is 11.6 Å². The van der Waals surface area contributed by atoms with Gasteiger partial charge in [0.05, 0.1) is 18.8 Å². The normalized spacial score (nSPS) is 25.5. The van der Waals surface area contributed by atoms with E-state index in [1.807, 2.05) is 24.3 Å². The van der Waals surface area contributed by atoms with Crippen LogP contribution < -0.4 is 0 Å². The number of amides is 1. The van der Waals surface area contributed by atoms with Crippen LogP contribution in [0.15, 0.2) is 24.3 Å². The molecule has 21 heavy (non-hydrogen) atoms. The lowest BCUT2D eigenvalue weighted by molar-refractivity contribution is -0.149. The van der Waals surface area contributed by atoms with Crippen molar-refractivity contribution >= 4 is 17.5 Å². The van der Waals surface area contributed by atoms with Crippen molar-refractivity contribution in [2.75, 3.05) is 13.2 Å². The summed E-state index contributed by atoms with van der Waals surface area (Å²) in [6.07, 6.45) is 6.13. The molecule has 1 heterocycles. The van der Waals surface area contributed by atoms with Crippen LogP contribution in [0.2, 0.25) is 5.02 Å². The molecule has 114 valence electrons. The molecule has 2 fully saturated rings. The molecule has 1 amide bonds. The molecule has 4 heteroatoms. The van der Waals surface area contributed by atoms with Crippen molar-refractivity contribution < 1.29 is 9.53 Å².